The number of aromatic nitrogens is 3. The molecule has 0 unspecified atom stereocenters. The van der Waals surface area contributed by atoms with Gasteiger partial charge in [-0.3, -0.25) is 4.79 Å². The standard InChI is InChI=1S/C9H17N5O/c1-2-10-4-3-5-12-9(15)6-14-8-11-7-13-14/h7-8,10H,2-6H2,1H3,(H,12,15). The number of nitrogens with one attached hydrogen (secondary N) is 2. The van der Waals surface area contributed by atoms with E-state index in [-0.39, 0.29) is 12.5 Å². The Hall–Kier alpha value is -1.43. The minimum absolute atomic E-state index is 0.0306. The van der Waals surface area contributed by atoms with Gasteiger partial charge in [0.2, 0.25) is 5.91 Å². The fraction of sp³-hybridized carbons (Fsp3) is 0.667. The number of hydrogen-bond acceptors (Lipinski definition) is 4. The highest BCUT2D eigenvalue weighted by atomic mass is 16.2. The highest BCUT2D eigenvalue weighted by Crippen LogP contribution is 1.81. The maximum Gasteiger partial charge on any atom is 0.241 e. The van der Waals surface area contributed by atoms with Crippen LogP contribution in [-0.4, -0.2) is 40.3 Å². The van der Waals surface area contributed by atoms with E-state index in [9.17, 15) is 4.79 Å². The summed E-state index contributed by atoms with van der Waals surface area (Å²) in [5.41, 5.74) is 0. The van der Waals surface area contributed by atoms with Crippen molar-refractivity contribution in [1.29, 1.82) is 0 Å². The molecule has 6 heteroatoms. The molecule has 0 atom stereocenters. The summed E-state index contributed by atoms with van der Waals surface area (Å²) in [6.45, 7) is 4.89. The number of carbonyl (C=O) groups excluding carboxylic acids is 1. The third kappa shape index (κ3) is 5.11. The summed E-state index contributed by atoms with van der Waals surface area (Å²) in [4.78, 5) is 15.1. The van der Waals surface area contributed by atoms with Gasteiger partial charge in [-0.15, -0.1) is 0 Å². The molecule has 0 spiro atoms. The summed E-state index contributed by atoms with van der Waals surface area (Å²) in [7, 11) is 0. The monoisotopic (exact) mass is 211 g/mol. The van der Waals surface area contributed by atoms with Crippen molar-refractivity contribution in [2.75, 3.05) is 19.6 Å². The average Bonchev–Trinajstić information content (AvgIpc) is 2.70. The Bertz CT molecular complexity index is 272. The van der Waals surface area contributed by atoms with Crippen molar-refractivity contribution in [3.8, 4) is 0 Å². The average molecular weight is 211 g/mol. The second-order valence-electron chi connectivity index (χ2n) is 3.15. The van der Waals surface area contributed by atoms with Crippen LogP contribution >= 0.6 is 0 Å². The number of rotatable bonds is 7. The number of nitrogens with zero attached hydrogens (tertiary/aromatic N) is 3. The number of amides is 1. The normalized spacial score (nSPS) is 10.2. The van der Waals surface area contributed by atoms with Gasteiger partial charge in [0.15, 0.2) is 0 Å². The van der Waals surface area contributed by atoms with E-state index in [1.165, 1.54) is 17.3 Å². The van der Waals surface area contributed by atoms with Gasteiger partial charge in [0.25, 0.3) is 0 Å². The van der Waals surface area contributed by atoms with E-state index in [1.807, 2.05) is 0 Å². The first-order chi connectivity index (χ1) is 7.33. The third-order valence-electron chi connectivity index (χ3n) is 1.87. The zero-order valence-corrected chi connectivity index (χ0v) is 8.94. The Morgan fingerprint density at radius 2 is 2.33 bits per heavy atom. The summed E-state index contributed by atoms with van der Waals surface area (Å²) < 4.78 is 1.50. The molecule has 0 radical (unpaired) electrons. The molecule has 0 saturated heterocycles. The van der Waals surface area contributed by atoms with Gasteiger partial charge >= 0.3 is 0 Å². The summed E-state index contributed by atoms with van der Waals surface area (Å²) in [6, 6.07) is 0. The van der Waals surface area contributed by atoms with Crippen LogP contribution < -0.4 is 10.6 Å². The largest absolute Gasteiger partial charge is 0.354 e. The van der Waals surface area contributed by atoms with Crippen LogP contribution in [0.4, 0.5) is 0 Å². The summed E-state index contributed by atoms with van der Waals surface area (Å²) in [5, 5.41) is 9.85. The first-order valence-corrected chi connectivity index (χ1v) is 5.12. The topological polar surface area (TPSA) is 71.8 Å². The predicted octanol–water partition coefficient (Wildman–Crippen LogP) is -0.606. The van der Waals surface area contributed by atoms with Crippen LogP contribution in [0.2, 0.25) is 0 Å². The minimum atomic E-state index is -0.0306. The Morgan fingerprint density at radius 1 is 1.47 bits per heavy atom. The van der Waals surface area contributed by atoms with E-state index in [0.29, 0.717) is 6.54 Å². The van der Waals surface area contributed by atoms with Crippen LogP contribution in [0.5, 0.6) is 0 Å². The van der Waals surface area contributed by atoms with Gasteiger partial charge < -0.3 is 10.6 Å². The highest BCUT2D eigenvalue weighted by molar-refractivity contribution is 5.75. The van der Waals surface area contributed by atoms with Crippen molar-refractivity contribution in [1.82, 2.24) is 25.4 Å². The predicted molar refractivity (Wildman–Crippen MR) is 56.2 cm³/mol. The lowest BCUT2D eigenvalue weighted by Crippen LogP contribution is -2.30. The molecular formula is C9H17N5O. The van der Waals surface area contributed by atoms with Crippen molar-refractivity contribution in [2.45, 2.75) is 19.9 Å². The molecule has 2 N–H and O–H groups in total. The maximum absolute atomic E-state index is 11.3. The molecule has 1 rings (SSSR count). The number of carbonyl (C=O) groups is 1. The molecule has 1 amide bonds. The van der Waals surface area contributed by atoms with E-state index in [0.717, 1.165) is 19.5 Å². The molecular weight excluding hydrogens is 194 g/mol. The maximum atomic E-state index is 11.3. The molecule has 0 bridgehead atoms. The Balaban J connectivity index is 2.04. The van der Waals surface area contributed by atoms with Crippen molar-refractivity contribution >= 4 is 5.91 Å². The van der Waals surface area contributed by atoms with E-state index in [1.54, 1.807) is 0 Å². The van der Waals surface area contributed by atoms with Gasteiger partial charge in [-0.25, -0.2) is 9.67 Å². The van der Waals surface area contributed by atoms with Gasteiger partial charge in [0.1, 0.15) is 19.2 Å². The molecule has 1 aromatic heterocycles. The van der Waals surface area contributed by atoms with Crippen molar-refractivity contribution in [3.63, 3.8) is 0 Å². The van der Waals surface area contributed by atoms with Crippen molar-refractivity contribution in [2.24, 2.45) is 0 Å². The molecule has 1 aromatic rings. The van der Waals surface area contributed by atoms with Gasteiger partial charge in [0, 0.05) is 6.54 Å². The van der Waals surface area contributed by atoms with Crippen LogP contribution in [0, 0.1) is 0 Å². The molecule has 0 aliphatic carbocycles. The molecule has 0 aromatic carbocycles. The second-order valence-corrected chi connectivity index (χ2v) is 3.15. The quantitative estimate of drug-likeness (QED) is 0.590. The van der Waals surface area contributed by atoms with Crippen LogP contribution in [-0.2, 0) is 11.3 Å². The lowest BCUT2D eigenvalue weighted by Gasteiger charge is -2.05. The van der Waals surface area contributed by atoms with Gasteiger partial charge in [-0.05, 0) is 19.5 Å². The first-order valence-electron chi connectivity index (χ1n) is 5.12. The summed E-state index contributed by atoms with van der Waals surface area (Å²) in [5.74, 6) is -0.0306. The molecule has 6 nitrogen and oxygen atoms in total. The SMILES string of the molecule is CCNCCCNC(=O)Cn1cncn1. The number of hydrogen-bond donors (Lipinski definition) is 2. The van der Waals surface area contributed by atoms with Crippen molar-refractivity contribution in [3.05, 3.63) is 12.7 Å². The van der Waals surface area contributed by atoms with Crippen molar-refractivity contribution < 1.29 is 4.79 Å². The molecule has 84 valence electrons. The summed E-state index contributed by atoms with van der Waals surface area (Å²) >= 11 is 0. The summed E-state index contributed by atoms with van der Waals surface area (Å²) in [6.07, 6.45) is 3.88. The Morgan fingerprint density at radius 3 is 3.00 bits per heavy atom. The lowest BCUT2D eigenvalue weighted by molar-refractivity contribution is -0.121. The molecule has 0 fully saturated rings. The smallest absolute Gasteiger partial charge is 0.241 e. The Labute approximate surface area is 89.1 Å². The molecule has 0 saturated carbocycles. The van der Waals surface area contributed by atoms with E-state index >= 15 is 0 Å². The van der Waals surface area contributed by atoms with Crippen LogP contribution in [0.25, 0.3) is 0 Å². The van der Waals surface area contributed by atoms with E-state index < -0.39 is 0 Å². The zero-order valence-electron chi connectivity index (χ0n) is 8.94. The molecule has 0 aliphatic heterocycles. The van der Waals surface area contributed by atoms with Gasteiger partial charge in [-0.2, -0.15) is 5.10 Å². The second kappa shape index (κ2) is 6.94. The first kappa shape index (κ1) is 11.6. The Kier molecular flexibility index (Phi) is 5.39. The molecule has 0 aliphatic rings. The van der Waals surface area contributed by atoms with E-state index in [2.05, 4.69) is 27.6 Å². The third-order valence-corrected chi connectivity index (χ3v) is 1.87. The highest BCUT2D eigenvalue weighted by Gasteiger charge is 2.01. The van der Waals surface area contributed by atoms with E-state index in [4.69, 9.17) is 0 Å². The fourth-order valence-electron chi connectivity index (χ4n) is 1.14. The lowest BCUT2D eigenvalue weighted by atomic mass is 10.4. The minimum Gasteiger partial charge on any atom is -0.354 e. The fourth-order valence-corrected chi connectivity index (χ4v) is 1.14. The van der Waals surface area contributed by atoms with Gasteiger partial charge in [-0.1, -0.05) is 6.92 Å². The zero-order chi connectivity index (χ0) is 10.9. The van der Waals surface area contributed by atoms with Crippen LogP contribution in [0.3, 0.4) is 0 Å². The molecule has 15 heavy (non-hydrogen) atoms. The molecule has 1 heterocycles. The van der Waals surface area contributed by atoms with Gasteiger partial charge in [0.05, 0.1) is 0 Å². The van der Waals surface area contributed by atoms with Crippen LogP contribution in [0.1, 0.15) is 13.3 Å². The van der Waals surface area contributed by atoms with Crippen LogP contribution in [0.15, 0.2) is 12.7 Å².